The van der Waals surface area contributed by atoms with Gasteiger partial charge in [0.2, 0.25) is 5.91 Å². The number of carboxylic acids is 1. The Hall–Kier alpha value is -1.10. The molecule has 0 unspecified atom stereocenters. The van der Waals surface area contributed by atoms with Gasteiger partial charge in [0.15, 0.2) is 0 Å². The zero-order chi connectivity index (χ0) is 12.8. The first kappa shape index (κ1) is 14.9. The van der Waals surface area contributed by atoms with Gasteiger partial charge in [0.1, 0.15) is 13.2 Å². The van der Waals surface area contributed by atoms with Gasteiger partial charge in [-0.25, -0.2) is 4.79 Å². The molecule has 5 heteroatoms. The van der Waals surface area contributed by atoms with Gasteiger partial charge in [-0.15, -0.1) is 0 Å². The first-order valence-corrected chi connectivity index (χ1v) is 5.32. The molecule has 0 aromatic rings. The monoisotopic (exact) mass is 231 g/mol. The van der Waals surface area contributed by atoms with Crippen LogP contribution in [0.5, 0.6) is 0 Å². The lowest BCUT2D eigenvalue weighted by atomic mass is 9.81. The fourth-order valence-corrected chi connectivity index (χ4v) is 0.813. The zero-order valence-corrected chi connectivity index (χ0v) is 10.4. The lowest BCUT2D eigenvalue weighted by molar-refractivity contribution is -0.143. The third-order valence-corrected chi connectivity index (χ3v) is 2.76. The standard InChI is InChI=1S/C11H21NO4/c1-8(2)11(3,4)7-12-9(13)5-16-6-10(14)15/h8H,5-7H2,1-4H3,(H,12,13)(H,14,15). The summed E-state index contributed by atoms with van der Waals surface area (Å²) in [6.07, 6.45) is 0. The predicted octanol–water partition coefficient (Wildman–Crippen LogP) is 0.886. The molecule has 0 saturated carbocycles. The summed E-state index contributed by atoms with van der Waals surface area (Å²) in [5.74, 6) is -0.905. The highest BCUT2D eigenvalue weighted by Crippen LogP contribution is 2.24. The normalized spacial score (nSPS) is 11.6. The second-order valence-electron chi connectivity index (χ2n) is 4.81. The van der Waals surface area contributed by atoms with Crippen LogP contribution in [0.1, 0.15) is 27.7 Å². The number of hydrogen-bond acceptors (Lipinski definition) is 3. The quantitative estimate of drug-likeness (QED) is 0.682. The molecule has 94 valence electrons. The molecule has 0 aromatic carbocycles. The molecule has 2 N–H and O–H groups in total. The number of carboxylic acid groups (broad SMARTS) is 1. The highest BCUT2D eigenvalue weighted by Gasteiger charge is 2.22. The minimum absolute atomic E-state index is 0.0163. The lowest BCUT2D eigenvalue weighted by Gasteiger charge is -2.29. The average molecular weight is 231 g/mol. The zero-order valence-electron chi connectivity index (χ0n) is 10.4. The number of hydrogen-bond donors (Lipinski definition) is 2. The summed E-state index contributed by atoms with van der Waals surface area (Å²) >= 11 is 0. The Labute approximate surface area is 96.2 Å². The number of carbonyl (C=O) groups is 2. The van der Waals surface area contributed by atoms with E-state index in [1.165, 1.54) is 0 Å². The molecule has 0 aliphatic heterocycles. The summed E-state index contributed by atoms with van der Waals surface area (Å²) < 4.78 is 4.67. The van der Waals surface area contributed by atoms with Crippen molar-refractivity contribution in [2.45, 2.75) is 27.7 Å². The van der Waals surface area contributed by atoms with Crippen molar-refractivity contribution < 1.29 is 19.4 Å². The van der Waals surface area contributed by atoms with Gasteiger partial charge in [-0.1, -0.05) is 27.7 Å². The fraction of sp³-hybridized carbons (Fsp3) is 0.818. The minimum Gasteiger partial charge on any atom is -0.480 e. The number of carbonyl (C=O) groups excluding carboxylic acids is 1. The molecule has 0 saturated heterocycles. The maximum Gasteiger partial charge on any atom is 0.329 e. The maximum atomic E-state index is 11.3. The van der Waals surface area contributed by atoms with Crippen molar-refractivity contribution in [1.82, 2.24) is 5.32 Å². The second kappa shape index (κ2) is 6.48. The van der Waals surface area contributed by atoms with Gasteiger partial charge in [0.25, 0.3) is 0 Å². The van der Waals surface area contributed by atoms with Crippen LogP contribution >= 0.6 is 0 Å². The summed E-state index contributed by atoms with van der Waals surface area (Å²) in [5.41, 5.74) is 0.0163. The van der Waals surface area contributed by atoms with Gasteiger partial charge in [-0.05, 0) is 11.3 Å². The molecule has 5 nitrogen and oxygen atoms in total. The Bertz CT molecular complexity index is 248. The summed E-state index contributed by atoms with van der Waals surface area (Å²) in [7, 11) is 0. The van der Waals surface area contributed by atoms with Gasteiger partial charge >= 0.3 is 5.97 Å². The first-order valence-electron chi connectivity index (χ1n) is 5.32. The molecule has 0 aromatic heterocycles. The van der Waals surface area contributed by atoms with Gasteiger partial charge in [0.05, 0.1) is 0 Å². The van der Waals surface area contributed by atoms with Gasteiger partial charge in [-0.2, -0.15) is 0 Å². The Morgan fingerprint density at radius 3 is 2.31 bits per heavy atom. The molecule has 0 bridgehead atoms. The number of rotatable bonds is 7. The highest BCUT2D eigenvalue weighted by atomic mass is 16.5. The van der Waals surface area contributed by atoms with Gasteiger partial charge in [0, 0.05) is 6.54 Å². The lowest BCUT2D eigenvalue weighted by Crippen LogP contribution is -2.38. The maximum absolute atomic E-state index is 11.3. The molecule has 0 heterocycles. The van der Waals surface area contributed by atoms with Crippen LogP contribution < -0.4 is 5.32 Å². The molecule has 0 aliphatic carbocycles. The van der Waals surface area contributed by atoms with E-state index in [0.717, 1.165) is 0 Å². The summed E-state index contributed by atoms with van der Waals surface area (Å²) in [6.45, 7) is 8.22. The van der Waals surface area contributed by atoms with Gasteiger partial charge < -0.3 is 15.2 Å². The van der Waals surface area contributed by atoms with E-state index in [1.54, 1.807) is 0 Å². The van der Waals surface area contributed by atoms with E-state index in [1.807, 2.05) is 0 Å². The minimum atomic E-state index is -1.07. The molecule has 0 spiro atoms. The largest absolute Gasteiger partial charge is 0.480 e. The van der Waals surface area contributed by atoms with Crippen LogP contribution in [-0.4, -0.2) is 36.7 Å². The third kappa shape index (κ3) is 6.40. The number of ether oxygens (including phenoxy) is 1. The van der Waals surface area contributed by atoms with E-state index >= 15 is 0 Å². The molecule has 1 amide bonds. The molecular formula is C11H21NO4. The molecule has 0 fully saturated rings. The van der Waals surface area contributed by atoms with E-state index in [0.29, 0.717) is 12.5 Å². The highest BCUT2D eigenvalue weighted by molar-refractivity contribution is 5.77. The fourth-order valence-electron chi connectivity index (χ4n) is 0.813. The number of nitrogens with one attached hydrogen (secondary N) is 1. The van der Waals surface area contributed by atoms with E-state index in [9.17, 15) is 9.59 Å². The third-order valence-electron chi connectivity index (χ3n) is 2.76. The van der Waals surface area contributed by atoms with E-state index < -0.39 is 12.6 Å². The topological polar surface area (TPSA) is 75.6 Å². The Morgan fingerprint density at radius 2 is 1.88 bits per heavy atom. The van der Waals surface area contributed by atoms with Crippen LogP contribution in [0.4, 0.5) is 0 Å². The number of amides is 1. The van der Waals surface area contributed by atoms with Crippen molar-refractivity contribution in [1.29, 1.82) is 0 Å². The van der Waals surface area contributed by atoms with E-state index in [4.69, 9.17) is 5.11 Å². The van der Waals surface area contributed by atoms with Crippen LogP contribution in [0.15, 0.2) is 0 Å². The molecule has 0 aliphatic rings. The SMILES string of the molecule is CC(C)C(C)(C)CNC(=O)COCC(=O)O. The van der Waals surface area contributed by atoms with Crippen LogP contribution in [0.25, 0.3) is 0 Å². The molecule has 0 rings (SSSR count). The van der Waals surface area contributed by atoms with Crippen molar-refractivity contribution in [2.24, 2.45) is 11.3 Å². The molecule has 16 heavy (non-hydrogen) atoms. The first-order chi connectivity index (χ1) is 7.25. The average Bonchev–Trinajstić information content (AvgIpc) is 2.14. The second-order valence-corrected chi connectivity index (χ2v) is 4.81. The summed E-state index contributed by atoms with van der Waals surface area (Å²) in [5, 5.41) is 11.0. The summed E-state index contributed by atoms with van der Waals surface area (Å²) in [4.78, 5) is 21.4. The van der Waals surface area contributed by atoms with Crippen LogP contribution in [0.3, 0.4) is 0 Å². The molecular weight excluding hydrogens is 210 g/mol. The molecule has 0 radical (unpaired) electrons. The van der Waals surface area contributed by atoms with Crippen molar-refractivity contribution in [3.05, 3.63) is 0 Å². The Kier molecular flexibility index (Phi) is 6.03. The van der Waals surface area contributed by atoms with Crippen molar-refractivity contribution >= 4 is 11.9 Å². The van der Waals surface area contributed by atoms with Gasteiger partial charge in [-0.3, -0.25) is 4.79 Å². The van der Waals surface area contributed by atoms with Crippen molar-refractivity contribution in [2.75, 3.05) is 19.8 Å². The van der Waals surface area contributed by atoms with Crippen molar-refractivity contribution in [3.63, 3.8) is 0 Å². The predicted molar refractivity (Wildman–Crippen MR) is 60.1 cm³/mol. The van der Waals surface area contributed by atoms with E-state index in [-0.39, 0.29) is 17.9 Å². The Balaban J connectivity index is 3.77. The Morgan fingerprint density at radius 1 is 1.31 bits per heavy atom. The molecule has 0 atom stereocenters. The summed E-state index contributed by atoms with van der Waals surface area (Å²) in [6, 6.07) is 0. The van der Waals surface area contributed by atoms with Crippen LogP contribution in [0, 0.1) is 11.3 Å². The van der Waals surface area contributed by atoms with E-state index in [2.05, 4.69) is 37.7 Å². The van der Waals surface area contributed by atoms with Crippen LogP contribution in [-0.2, 0) is 14.3 Å². The number of aliphatic carboxylic acids is 1. The van der Waals surface area contributed by atoms with Crippen molar-refractivity contribution in [3.8, 4) is 0 Å². The van der Waals surface area contributed by atoms with Crippen LogP contribution in [0.2, 0.25) is 0 Å². The smallest absolute Gasteiger partial charge is 0.329 e.